The van der Waals surface area contributed by atoms with Gasteiger partial charge in [-0.2, -0.15) is 0 Å². The second kappa shape index (κ2) is 8.16. The minimum Gasteiger partial charge on any atom is -0.454 e. The van der Waals surface area contributed by atoms with Crippen molar-refractivity contribution in [1.29, 1.82) is 0 Å². The van der Waals surface area contributed by atoms with Crippen LogP contribution in [0.25, 0.3) is 11.4 Å². The zero-order valence-electron chi connectivity index (χ0n) is 16.5. The number of nitrogens with zero attached hydrogens (tertiary/aromatic N) is 3. The highest BCUT2D eigenvalue weighted by Gasteiger charge is 2.18. The molecular formula is C21H22N4O3S. The van der Waals surface area contributed by atoms with E-state index in [0.29, 0.717) is 22.6 Å². The van der Waals surface area contributed by atoms with Gasteiger partial charge in [0.25, 0.3) is 0 Å². The molecule has 8 heteroatoms. The lowest BCUT2D eigenvalue weighted by molar-refractivity contribution is -0.113. The number of nitrogens with one attached hydrogen (secondary N) is 1. The molecular weight excluding hydrogens is 388 g/mol. The zero-order chi connectivity index (χ0) is 20.4. The molecule has 1 aliphatic heterocycles. The highest BCUT2D eigenvalue weighted by Crippen LogP contribution is 2.35. The van der Waals surface area contributed by atoms with Crippen molar-refractivity contribution in [3.05, 3.63) is 48.0 Å². The SMILES string of the molecule is CC(C)c1ccccc1NC(=O)CSc1nnc(-c2ccc3c(c2)OCO3)n1C. The molecule has 1 amide bonds. The fourth-order valence-corrected chi connectivity index (χ4v) is 3.87. The summed E-state index contributed by atoms with van der Waals surface area (Å²) in [6, 6.07) is 13.5. The average Bonchev–Trinajstić information content (AvgIpc) is 3.32. The van der Waals surface area contributed by atoms with Gasteiger partial charge in [0.05, 0.1) is 5.75 Å². The fourth-order valence-electron chi connectivity index (χ4n) is 3.16. The minimum absolute atomic E-state index is 0.0734. The monoisotopic (exact) mass is 410 g/mol. The summed E-state index contributed by atoms with van der Waals surface area (Å²) in [5.74, 6) is 2.64. The van der Waals surface area contributed by atoms with Crippen molar-refractivity contribution in [3.8, 4) is 22.9 Å². The van der Waals surface area contributed by atoms with Crippen molar-refractivity contribution < 1.29 is 14.3 Å². The van der Waals surface area contributed by atoms with E-state index in [0.717, 1.165) is 22.6 Å². The molecule has 0 unspecified atom stereocenters. The number of anilines is 1. The molecule has 2 heterocycles. The number of hydrogen-bond donors (Lipinski definition) is 1. The predicted molar refractivity (Wildman–Crippen MR) is 112 cm³/mol. The number of thioether (sulfide) groups is 1. The molecule has 3 aromatic rings. The van der Waals surface area contributed by atoms with Gasteiger partial charge in [-0.15, -0.1) is 10.2 Å². The molecule has 0 radical (unpaired) electrons. The van der Waals surface area contributed by atoms with E-state index in [1.165, 1.54) is 11.8 Å². The lowest BCUT2D eigenvalue weighted by Gasteiger charge is -2.13. The number of fused-ring (bicyclic) bond motifs is 1. The number of carbonyl (C=O) groups is 1. The van der Waals surface area contributed by atoms with Crippen LogP contribution in [0.1, 0.15) is 25.3 Å². The van der Waals surface area contributed by atoms with Crippen LogP contribution in [-0.2, 0) is 11.8 Å². The maximum absolute atomic E-state index is 12.5. The van der Waals surface area contributed by atoms with E-state index < -0.39 is 0 Å². The van der Waals surface area contributed by atoms with E-state index >= 15 is 0 Å². The number of carbonyl (C=O) groups excluding carboxylic acids is 1. The first kappa shape index (κ1) is 19.3. The van der Waals surface area contributed by atoms with Gasteiger partial charge in [-0.05, 0) is 35.7 Å². The quantitative estimate of drug-likeness (QED) is 0.618. The molecule has 0 bridgehead atoms. The Hall–Kier alpha value is -3.00. The normalized spacial score (nSPS) is 12.4. The van der Waals surface area contributed by atoms with E-state index in [1.54, 1.807) is 0 Å². The summed E-state index contributed by atoms with van der Waals surface area (Å²) in [5, 5.41) is 12.2. The largest absolute Gasteiger partial charge is 0.454 e. The Bertz CT molecular complexity index is 1050. The number of benzene rings is 2. The molecule has 7 nitrogen and oxygen atoms in total. The van der Waals surface area contributed by atoms with Gasteiger partial charge in [0.1, 0.15) is 0 Å². The number of amides is 1. The number of ether oxygens (including phenoxy) is 2. The molecule has 0 spiro atoms. The van der Waals surface area contributed by atoms with E-state index in [9.17, 15) is 4.79 Å². The second-order valence-electron chi connectivity index (χ2n) is 7.01. The van der Waals surface area contributed by atoms with Crippen LogP contribution >= 0.6 is 11.8 Å². The highest BCUT2D eigenvalue weighted by atomic mass is 32.2. The molecule has 0 fully saturated rings. The van der Waals surface area contributed by atoms with Crippen LogP contribution in [0.5, 0.6) is 11.5 Å². The van der Waals surface area contributed by atoms with Gasteiger partial charge >= 0.3 is 0 Å². The summed E-state index contributed by atoms with van der Waals surface area (Å²) in [5.41, 5.74) is 2.85. The molecule has 150 valence electrons. The standard InChI is InChI=1S/C21H22N4O3S/c1-13(2)15-6-4-5-7-16(15)22-19(26)11-29-21-24-23-20(25(21)3)14-8-9-17-18(10-14)28-12-27-17/h4-10,13H,11-12H2,1-3H3,(H,22,26). The van der Waals surface area contributed by atoms with Gasteiger partial charge < -0.3 is 19.4 Å². The Morgan fingerprint density at radius 2 is 1.97 bits per heavy atom. The van der Waals surface area contributed by atoms with Crippen LogP contribution in [0.3, 0.4) is 0 Å². The Balaban J connectivity index is 1.43. The molecule has 1 aliphatic rings. The van der Waals surface area contributed by atoms with Crippen LogP contribution in [0, 0.1) is 0 Å². The van der Waals surface area contributed by atoms with Crippen LogP contribution in [0.4, 0.5) is 5.69 Å². The van der Waals surface area contributed by atoms with E-state index in [4.69, 9.17) is 9.47 Å². The van der Waals surface area contributed by atoms with Crippen molar-refractivity contribution in [3.63, 3.8) is 0 Å². The van der Waals surface area contributed by atoms with Gasteiger partial charge in [-0.25, -0.2) is 0 Å². The summed E-state index contributed by atoms with van der Waals surface area (Å²) < 4.78 is 12.7. The summed E-state index contributed by atoms with van der Waals surface area (Å²) >= 11 is 1.35. The summed E-state index contributed by atoms with van der Waals surface area (Å²) in [6.07, 6.45) is 0. The molecule has 2 aromatic carbocycles. The van der Waals surface area contributed by atoms with Crippen molar-refractivity contribution in [2.45, 2.75) is 24.9 Å². The number of hydrogen-bond acceptors (Lipinski definition) is 6. The first-order chi connectivity index (χ1) is 14.0. The third kappa shape index (κ3) is 4.07. The molecule has 1 aromatic heterocycles. The van der Waals surface area contributed by atoms with Crippen LogP contribution in [-0.4, -0.2) is 33.2 Å². The second-order valence-corrected chi connectivity index (χ2v) is 7.95. The minimum atomic E-state index is -0.0734. The van der Waals surface area contributed by atoms with Gasteiger partial charge in [0, 0.05) is 18.3 Å². The topological polar surface area (TPSA) is 78.3 Å². The molecule has 29 heavy (non-hydrogen) atoms. The van der Waals surface area contributed by atoms with E-state index in [1.807, 2.05) is 54.1 Å². The molecule has 0 saturated carbocycles. The van der Waals surface area contributed by atoms with E-state index in [2.05, 4.69) is 29.4 Å². The lowest BCUT2D eigenvalue weighted by Crippen LogP contribution is -2.16. The van der Waals surface area contributed by atoms with Crippen LogP contribution < -0.4 is 14.8 Å². The van der Waals surface area contributed by atoms with Crippen molar-refractivity contribution in [2.75, 3.05) is 17.9 Å². The number of aromatic nitrogens is 3. The third-order valence-corrected chi connectivity index (χ3v) is 5.68. The van der Waals surface area contributed by atoms with Gasteiger partial charge in [0.15, 0.2) is 22.5 Å². The highest BCUT2D eigenvalue weighted by molar-refractivity contribution is 7.99. The number of para-hydroxylation sites is 1. The molecule has 4 rings (SSSR count). The Kier molecular flexibility index (Phi) is 5.44. The number of rotatable bonds is 6. The van der Waals surface area contributed by atoms with Crippen molar-refractivity contribution in [1.82, 2.24) is 14.8 Å². The van der Waals surface area contributed by atoms with Crippen LogP contribution in [0.15, 0.2) is 47.6 Å². The summed E-state index contributed by atoms with van der Waals surface area (Å²) in [4.78, 5) is 12.5. The van der Waals surface area contributed by atoms with E-state index in [-0.39, 0.29) is 18.5 Å². The summed E-state index contributed by atoms with van der Waals surface area (Å²) in [7, 11) is 1.88. The first-order valence-electron chi connectivity index (χ1n) is 9.34. The molecule has 1 N–H and O–H groups in total. The smallest absolute Gasteiger partial charge is 0.234 e. The third-order valence-electron chi connectivity index (χ3n) is 4.65. The van der Waals surface area contributed by atoms with Crippen molar-refractivity contribution >= 4 is 23.4 Å². The summed E-state index contributed by atoms with van der Waals surface area (Å²) in [6.45, 7) is 4.45. The molecule has 0 saturated heterocycles. The zero-order valence-corrected chi connectivity index (χ0v) is 17.3. The van der Waals surface area contributed by atoms with Gasteiger partial charge in [-0.3, -0.25) is 4.79 Å². The van der Waals surface area contributed by atoms with Crippen molar-refractivity contribution in [2.24, 2.45) is 7.05 Å². The Morgan fingerprint density at radius 3 is 2.79 bits per heavy atom. The average molecular weight is 410 g/mol. The Labute approximate surface area is 173 Å². The van der Waals surface area contributed by atoms with Gasteiger partial charge in [0.2, 0.25) is 12.7 Å². The van der Waals surface area contributed by atoms with Crippen LogP contribution in [0.2, 0.25) is 0 Å². The molecule has 0 aliphatic carbocycles. The first-order valence-corrected chi connectivity index (χ1v) is 10.3. The maximum atomic E-state index is 12.5. The predicted octanol–water partition coefficient (Wildman–Crippen LogP) is 4.07. The molecule has 0 atom stereocenters. The maximum Gasteiger partial charge on any atom is 0.234 e. The fraction of sp³-hybridized carbons (Fsp3) is 0.286. The van der Waals surface area contributed by atoms with Gasteiger partial charge in [-0.1, -0.05) is 43.8 Å². The lowest BCUT2D eigenvalue weighted by atomic mass is 10.0. The Morgan fingerprint density at radius 1 is 1.17 bits per heavy atom.